The number of nitrogen functional groups attached to an aromatic ring is 1. The highest BCUT2D eigenvalue weighted by molar-refractivity contribution is 6.30. The van der Waals surface area contributed by atoms with Crippen molar-refractivity contribution in [2.45, 2.75) is 0 Å². The van der Waals surface area contributed by atoms with Gasteiger partial charge in [0.25, 0.3) is 5.69 Å². The zero-order valence-corrected chi connectivity index (χ0v) is 11.7. The van der Waals surface area contributed by atoms with Crippen LogP contribution in [-0.2, 0) is 0 Å². The Morgan fingerprint density at radius 1 is 1.05 bits per heavy atom. The number of nitrogens with zero attached hydrogens (tertiary/aromatic N) is 1. The Morgan fingerprint density at radius 3 is 2.24 bits per heavy atom. The molecular formula is C14H13ClN2O4. The third kappa shape index (κ3) is 4.25. The lowest BCUT2D eigenvalue weighted by molar-refractivity contribution is -0.384. The number of nitro benzene ring substituents is 1. The van der Waals surface area contributed by atoms with Gasteiger partial charge >= 0.3 is 0 Å². The van der Waals surface area contributed by atoms with Crippen molar-refractivity contribution in [3.05, 3.63) is 57.6 Å². The van der Waals surface area contributed by atoms with Crippen molar-refractivity contribution in [1.29, 1.82) is 0 Å². The monoisotopic (exact) mass is 308 g/mol. The molecule has 0 aromatic heterocycles. The Labute approximate surface area is 126 Å². The molecule has 0 saturated heterocycles. The number of rotatable bonds is 6. The first-order chi connectivity index (χ1) is 10.1. The van der Waals surface area contributed by atoms with Crippen molar-refractivity contribution in [1.82, 2.24) is 0 Å². The molecule has 110 valence electrons. The lowest BCUT2D eigenvalue weighted by atomic mass is 10.2. The number of hydrogen-bond donors (Lipinski definition) is 1. The predicted molar refractivity (Wildman–Crippen MR) is 80.0 cm³/mol. The maximum atomic E-state index is 10.8. The molecule has 6 nitrogen and oxygen atoms in total. The number of hydrogen-bond acceptors (Lipinski definition) is 5. The van der Waals surface area contributed by atoms with Crippen molar-refractivity contribution in [3.8, 4) is 11.5 Å². The Bertz CT molecular complexity index is 631. The molecule has 7 heteroatoms. The molecule has 0 unspecified atom stereocenters. The highest BCUT2D eigenvalue weighted by Gasteiger charge is 2.12. The quantitative estimate of drug-likeness (QED) is 0.383. The second-order valence-corrected chi connectivity index (χ2v) is 4.57. The van der Waals surface area contributed by atoms with Crippen LogP contribution in [0.3, 0.4) is 0 Å². The minimum atomic E-state index is -0.549. The van der Waals surface area contributed by atoms with E-state index >= 15 is 0 Å². The van der Waals surface area contributed by atoms with E-state index in [0.717, 1.165) is 0 Å². The summed E-state index contributed by atoms with van der Waals surface area (Å²) in [5.41, 5.74) is 5.43. The molecule has 2 aromatic rings. The molecule has 0 fully saturated rings. The fourth-order valence-corrected chi connectivity index (χ4v) is 1.75. The predicted octanol–water partition coefficient (Wildman–Crippen LogP) is 3.29. The molecule has 2 N–H and O–H groups in total. The smallest absolute Gasteiger partial charge is 0.295 e. The second kappa shape index (κ2) is 6.81. The van der Waals surface area contributed by atoms with E-state index in [0.29, 0.717) is 23.1 Å². The van der Waals surface area contributed by atoms with Gasteiger partial charge in [-0.3, -0.25) is 10.1 Å². The van der Waals surface area contributed by atoms with E-state index in [1.807, 2.05) is 0 Å². The molecule has 0 radical (unpaired) electrons. The summed E-state index contributed by atoms with van der Waals surface area (Å²) in [6.07, 6.45) is 0. The highest BCUT2D eigenvalue weighted by atomic mass is 35.5. The molecule has 2 aromatic carbocycles. The van der Waals surface area contributed by atoms with Gasteiger partial charge in [-0.05, 0) is 36.4 Å². The summed E-state index contributed by atoms with van der Waals surface area (Å²) in [6, 6.07) is 11.2. The Hall–Kier alpha value is -2.47. The van der Waals surface area contributed by atoms with Gasteiger partial charge in [0.05, 0.1) is 11.0 Å². The van der Waals surface area contributed by atoms with Crippen LogP contribution in [0, 0.1) is 10.1 Å². The number of halogens is 1. The standard InChI is InChI=1S/C14H13ClN2O4/c15-10-1-3-11(4-2-10)20-7-8-21-12-5-6-13(16)14(9-12)17(18)19/h1-6,9H,7-8,16H2. The van der Waals surface area contributed by atoms with Gasteiger partial charge in [0.1, 0.15) is 30.4 Å². The normalized spacial score (nSPS) is 10.1. The molecule has 0 aliphatic heterocycles. The van der Waals surface area contributed by atoms with Gasteiger partial charge in [0, 0.05) is 5.02 Å². The minimum Gasteiger partial charge on any atom is -0.490 e. The van der Waals surface area contributed by atoms with Crippen LogP contribution in [0.1, 0.15) is 0 Å². The van der Waals surface area contributed by atoms with E-state index in [-0.39, 0.29) is 18.0 Å². The summed E-state index contributed by atoms with van der Waals surface area (Å²) in [7, 11) is 0. The van der Waals surface area contributed by atoms with Gasteiger partial charge in [-0.1, -0.05) is 11.6 Å². The Kier molecular flexibility index (Phi) is 4.84. The number of ether oxygens (including phenoxy) is 2. The van der Waals surface area contributed by atoms with Gasteiger partial charge in [-0.25, -0.2) is 0 Å². The van der Waals surface area contributed by atoms with Crippen LogP contribution < -0.4 is 15.2 Å². The fourth-order valence-electron chi connectivity index (χ4n) is 1.62. The van der Waals surface area contributed by atoms with Gasteiger partial charge in [-0.2, -0.15) is 0 Å². The third-order valence-electron chi connectivity index (χ3n) is 2.63. The van der Waals surface area contributed by atoms with Crippen LogP contribution >= 0.6 is 11.6 Å². The van der Waals surface area contributed by atoms with E-state index < -0.39 is 4.92 Å². The van der Waals surface area contributed by atoms with E-state index in [4.69, 9.17) is 26.8 Å². The maximum absolute atomic E-state index is 10.8. The Morgan fingerprint density at radius 2 is 1.62 bits per heavy atom. The Balaban J connectivity index is 1.85. The summed E-state index contributed by atoms with van der Waals surface area (Å²) in [6.45, 7) is 0.559. The van der Waals surface area contributed by atoms with Gasteiger partial charge < -0.3 is 15.2 Å². The summed E-state index contributed by atoms with van der Waals surface area (Å²) >= 11 is 5.76. The van der Waals surface area contributed by atoms with Crippen LogP contribution in [0.25, 0.3) is 0 Å². The third-order valence-corrected chi connectivity index (χ3v) is 2.89. The molecule has 0 atom stereocenters. The first kappa shape index (κ1) is 14.9. The van der Waals surface area contributed by atoms with Gasteiger partial charge in [-0.15, -0.1) is 0 Å². The summed E-state index contributed by atoms with van der Waals surface area (Å²) < 4.78 is 10.8. The molecule has 0 saturated carbocycles. The summed E-state index contributed by atoms with van der Waals surface area (Å²) in [4.78, 5) is 10.2. The average molecular weight is 309 g/mol. The molecule has 2 rings (SSSR count). The van der Waals surface area contributed by atoms with Crippen molar-refractivity contribution in [2.75, 3.05) is 18.9 Å². The SMILES string of the molecule is Nc1ccc(OCCOc2ccc(Cl)cc2)cc1[N+](=O)[O-]. The van der Waals surface area contributed by atoms with Crippen LogP contribution in [0.5, 0.6) is 11.5 Å². The van der Waals surface area contributed by atoms with E-state index in [1.165, 1.54) is 12.1 Å². The molecule has 21 heavy (non-hydrogen) atoms. The van der Waals surface area contributed by atoms with Crippen molar-refractivity contribution >= 4 is 23.0 Å². The summed E-state index contributed by atoms with van der Waals surface area (Å²) in [5.74, 6) is 1.04. The first-order valence-electron chi connectivity index (χ1n) is 6.11. The largest absolute Gasteiger partial charge is 0.490 e. The molecule has 0 heterocycles. The highest BCUT2D eigenvalue weighted by Crippen LogP contribution is 2.26. The number of nitro groups is 1. The first-order valence-corrected chi connectivity index (χ1v) is 6.49. The van der Waals surface area contributed by atoms with E-state index in [9.17, 15) is 10.1 Å². The summed E-state index contributed by atoms with van der Waals surface area (Å²) in [5, 5.41) is 11.4. The minimum absolute atomic E-state index is 0.102. The van der Waals surface area contributed by atoms with Gasteiger partial charge in [0.15, 0.2) is 0 Å². The zero-order valence-electron chi connectivity index (χ0n) is 11.0. The molecule has 0 amide bonds. The van der Waals surface area contributed by atoms with E-state index in [1.54, 1.807) is 30.3 Å². The van der Waals surface area contributed by atoms with Crippen molar-refractivity contribution < 1.29 is 14.4 Å². The molecule has 0 aliphatic carbocycles. The van der Waals surface area contributed by atoms with Crippen LogP contribution in [-0.4, -0.2) is 18.1 Å². The van der Waals surface area contributed by atoms with Crippen LogP contribution in [0.4, 0.5) is 11.4 Å². The van der Waals surface area contributed by atoms with Gasteiger partial charge in [0.2, 0.25) is 0 Å². The maximum Gasteiger partial charge on any atom is 0.295 e. The molecular weight excluding hydrogens is 296 g/mol. The molecule has 0 spiro atoms. The molecule has 0 bridgehead atoms. The van der Waals surface area contributed by atoms with Crippen molar-refractivity contribution in [2.24, 2.45) is 0 Å². The average Bonchev–Trinajstić information content (AvgIpc) is 2.46. The number of anilines is 1. The number of benzene rings is 2. The van der Waals surface area contributed by atoms with Crippen LogP contribution in [0.2, 0.25) is 5.02 Å². The van der Waals surface area contributed by atoms with E-state index in [2.05, 4.69) is 0 Å². The zero-order chi connectivity index (χ0) is 15.2. The van der Waals surface area contributed by atoms with Crippen LogP contribution in [0.15, 0.2) is 42.5 Å². The number of nitrogens with two attached hydrogens (primary N) is 1. The molecule has 0 aliphatic rings. The fraction of sp³-hybridized carbons (Fsp3) is 0.143. The topological polar surface area (TPSA) is 87.6 Å². The lowest BCUT2D eigenvalue weighted by Gasteiger charge is -2.08. The second-order valence-electron chi connectivity index (χ2n) is 4.13. The van der Waals surface area contributed by atoms with Crippen molar-refractivity contribution in [3.63, 3.8) is 0 Å². The lowest BCUT2D eigenvalue weighted by Crippen LogP contribution is -2.09.